The number of likely N-dealkylation sites (N-methyl/N-ethyl adjacent to an activating group) is 1. The number of nitrogens with zero attached hydrogens (tertiary/aromatic N) is 3. The van der Waals surface area contributed by atoms with E-state index in [1.54, 1.807) is 25.1 Å². The van der Waals surface area contributed by atoms with Crippen molar-refractivity contribution in [1.29, 1.82) is 0 Å². The minimum absolute atomic E-state index is 0.0155. The van der Waals surface area contributed by atoms with Crippen molar-refractivity contribution in [3.63, 3.8) is 0 Å². The van der Waals surface area contributed by atoms with Crippen molar-refractivity contribution in [2.75, 3.05) is 50.1 Å². The Hall–Kier alpha value is -3.42. The van der Waals surface area contributed by atoms with Gasteiger partial charge in [0.1, 0.15) is 5.75 Å². The highest BCUT2D eigenvalue weighted by molar-refractivity contribution is 8.04. The maximum Gasteiger partial charge on any atom is 0.264 e. The van der Waals surface area contributed by atoms with Gasteiger partial charge in [-0.15, -0.1) is 0 Å². The Bertz CT molecular complexity index is 1330. The van der Waals surface area contributed by atoms with E-state index in [0.29, 0.717) is 28.6 Å². The van der Waals surface area contributed by atoms with Crippen LogP contribution in [0.4, 0.5) is 11.4 Å². The normalized spacial score (nSPS) is 16.8. The molecule has 0 bridgehead atoms. The Morgan fingerprint density at radius 2 is 1.75 bits per heavy atom. The lowest BCUT2D eigenvalue weighted by atomic mass is 10.1. The topological polar surface area (TPSA) is 53.1 Å². The molecule has 2 aliphatic rings. The molecule has 3 aromatic rings. The Kier molecular flexibility index (Phi) is 6.94. The maximum absolute atomic E-state index is 13.3. The van der Waals surface area contributed by atoms with Gasteiger partial charge < -0.3 is 19.4 Å². The van der Waals surface area contributed by atoms with Crippen molar-refractivity contribution >= 4 is 52.6 Å². The highest BCUT2D eigenvalue weighted by Crippen LogP contribution is 2.42. The first-order chi connectivity index (χ1) is 17.4. The first kappa shape index (κ1) is 24.3. The summed E-state index contributed by atoms with van der Waals surface area (Å²) in [6.45, 7) is 2.79. The predicted octanol–water partition coefficient (Wildman–Crippen LogP) is 5.42. The molecule has 8 heteroatoms. The molecule has 36 heavy (non-hydrogen) atoms. The van der Waals surface area contributed by atoms with E-state index in [2.05, 4.69) is 4.90 Å². The number of methoxy groups -OCH3 is 1. The molecule has 1 saturated heterocycles. The molecule has 5 rings (SSSR count). The summed E-state index contributed by atoms with van der Waals surface area (Å²) in [5.74, 6) is 0.706. The quantitative estimate of drug-likeness (QED) is 0.431. The molecular formula is C28H26ClN3O3S. The molecule has 0 atom stereocenters. The van der Waals surface area contributed by atoms with Gasteiger partial charge in [0.05, 0.1) is 17.7 Å². The van der Waals surface area contributed by atoms with Crippen LogP contribution in [0.3, 0.4) is 0 Å². The lowest BCUT2D eigenvalue weighted by molar-refractivity contribution is -0.114. The number of carbonyl (C=O) groups is 2. The van der Waals surface area contributed by atoms with E-state index in [1.165, 1.54) is 11.8 Å². The minimum atomic E-state index is -0.106. The second kappa shape index (κ2) is 10.3. The van der Waals surface area contributed by atoms with Gasteiger partial charge in [-0.05, 0) is 66.2 Å². The highest BCUT2D eigenvalue weighted by Gasteiger charge is 2.29. The Morgan fingerprint density at radius 3 is 2.44 bits per heavy atom. The van der Waals surface area contributed by atoms with Crippen LogP contribution in [0, 0.1) is 0 Å². The summed E-state index contributed by atoms with van der Waals surface area (Å²) < 4.78 is 5.24. The van der Waals surface area contributed by atoms with Gasteiger partial charge in [-0.3, -0.25) is 9.59 Å². The smallest absolute Gasteiger partial charge is 0.264 e. The summed E-state index contributed by atoms with van der Waals surface area (Å²) in [5.41, 5.74) is 3.33. The largest absolute Gasteiger partial charge is 0.497 e. The van der Waals surface area contributed by atoms with E-state index in [1.807, 2.05) is 71.6 Å². The summed E-state index contributed by atoms with van der Waals surface area (Å²) in [5, 5.41) is 0.624. The number of fused-ring (bicyclic) bond motifs is 1. The molecule has 0 N–H and O–H groups in total. The van der Waals surface area contributed by atoms with Crippen LogP contribution >= 0.6 is 23.4 Å². The second-order valence-electron chi connectivity index (χ2n) is 8.69. The van der Waals surface area contributed by atoms with E-state index >= 15 is 0 Å². The summed E-state index contributed by atoms with van der Waals surface area (Å²) in [6.07, 6.45) is 1.85. The van der Waals surface area contributed by atoms with Crippen molar-refractivity contribution in [2.24, 2.45) is 0 Å². The molecule has 2 heterocycles. The fourth-order valence-corrected chi connectivity index (χ4v) is 5.71. The molecule has 0 saturated carbocycles. The predicted molar refractivity (Wildman–Crippen MR) is 146 cm³/mol. The highest BCUT2D eigenvalue weighted by atomic mass is 35.5. The number of piperazine rings is 1. The lowest BCUT2D eigenvalue weighted by Gasteiger charge is -2.36. The van der Waals surface area contributed by atoms with Crippen molar-refractivity contribution in [3.8, 4) is 5.75 Å². The average Bonchev–Trinajstić information content (AvgIpc) is 2.91. The van der Waals surface area contributed by atoms with E-state index in [4.69, 9.17) is 16.3 Å². The monoisotopic (exact) mass is 519 g/mol. The van der Waals surface area contributed by atoms with Gasteiger partial charge in [-0.2, -0.15) is 0 Å². The fourth-order valence-electron chi connectivity index (χ4n) is 4.42. The second-order valence-corrected chi connectivity index (χ2v) is 10.2. The molecule has 6 nitrogen and oxygen atoms in total. The number of hydrogen-bond donors (Lipinski definition) is 0. The zero-order chi connectivity index (χ0) is 25.2. The third-order valence-electron chi connectivity index (χ3n) is 6.45. The van der Waals surface area contributed by atoms with Crippen molar-refractivity contribution in [3.05, 3.63) is 87.8 Å². The molecular weight excluding hydrogens is 494 g/mol. The van der Waals surface area contributed by atoms with Crippen LogP contribution in [0.1, 0.15) is 15.9 Å². The van der Waals surface area contributed by atoms with Gasteiger partial charge in [0.2, 0.25) is 0 Å². The first-order valence-electron chi connectivity index (χ1n) is 11.7. The van der Waals surface area contributed by atoms with E-state index in [0.717, 1.165) is 40.7 Å². The molecule has 0 aromatic heterocycles. The first-order valence-corrected chi connectivity index (χ1v) is 12.9. The van der Waals surface area contributed by atoms with Crippen molar-refractivity contribution in [2.45, 2.75) is 4.90 Å². The summed E-state index contributed by atoms with van der Waals surface area (Å²) >= 11 is 7.51. The van der Waals surface area contributed by atoms with Gasteiger partial charge in [0.25, 0.3) is 11.8 Å². The Balaban J connectivity index is 1.29. The summed E-state index contributed by atoms with van der Waals surface area (Å²) in [4.78, 5) is 33.7. The van der Waals surface area contributed by atoms with Crippen LogP contribution in [0.15, 0.2) is 76.5 Å². The molecule has 1 fully saturated rings. The van der Waals surface area contributed by atoms with Gasteiger partial charge in [-0.25, -0.2) is 0 Å². The molecule has 0 spiro atoms. The van der Waals surface area contributed by atoms with Gasteiger partial charge >= 0.3 is 0 Å². The fraction of sp³-hybridized carbons (Fsp3) is 0.214. The number of amides is 2. The number of carbonyl (C=O) groups excluding carboxylic acids is 2. The van der Waals surface area contributed by atoms with Gasteiger partial charge in [0.15, 0.2) is 0 Å². The standard InChI is InChI=1S/C28H26ClN3O3S/c1-30-24-18-20(6-11-25(24)36-26(28(30)34)17-19-4-3-5-21(29)16-19)27(33)32-14-12-31(13-15-32)22-7-9-23(35-2)10-8-22/h3-11,16-18H,12-15H2,1-2H3/b26-17+. The third-order valence-corrected chi connectivity index (χ3v) is 7.77. The summed E-state index contributed by atoms with van der Waals surface area (Å²) in [6, 6.07) is 21.0. The lowest BCUT2D eigenvalue weighted by Crippen LogP contribution is -2.48. The zero-order valence-corrected chi connectivity index (χ0v) is 21.7. The van der Waals surface area contributed by atoms with Crippen LogP contribution in [-0.2, 0) is 4.79 Å². The van der Waals surface area contributed by atoms with Gasteiger partial charge in [0, 0.05) is 54.4 Å². The molecule has 2 amide bonds. The van der Waals surface area contributed by atoms with Crippen LogP contribution < -0.4 is 14.5 Å². The number of halogens is 1. The van der Waals surface area contributed by atoms with Crippen LogP contribution in [0.2, 0.25) is 5.02 Å². The average molecular weight is 520 g/mol. The summed E-state index contributed by atoms with van der Waals surface area (Å²) in [7, 11) is 3.40. The van der Waals surface area contributed by atoms with E-state index < -0.39 is 0 Å². The van der Waals surface area contributed by atoms with Crippen molar-refractivity contribution in [1.82, 2.24) is 4.90 Å². The number of ether oxygens (including phenoxy) is 1. The molecule has 184 valence electrons. The molecule has 3 aromatic carbocycles. The number of hydrogen-bond acceptors (Lipinski definition) is 5. The van der Waals surface area contributed by atoms with Crippen LogP contribution in [0.25, 0.3) is 6.08 Å². The number of thioether (sulfide) groups is 1. The minimum Gasteiger partial charge on any atom is -0.497 e. The molecule has 2 aliphatic heterocycles. The Morgan fingerprint density at radius 1 is 1.00 bits per heavy atom. The van der Waals surface area contributed by atoms with Crippen LogP contribution in [-0.4, -0.2) is 57.1 Å². The molecule has 0 radical (unpaired) electrons. The number of benzene rings is 3. The molecule has 0 unspecified atom stereocenters. The maximum atomic E-state index is 13.3. The van der Waals surface area contributed by atoms with E-state index in [-0.39, 0.29) is 11.8 Å². The number of rotatable bonds is 4. The molecule has 0 aliphatic carbocycles. The Labute approximate surface area is 220 Å². The number of anilines is 2. The van der Waals surface area contributed by atoms with Gasteiger partial charge in [-0.1, -0.05) is 35.5 Å². The van der Waals surface area contributed by atoms with Crippen LogP contribution in [0.5, 0.6) is 5.75 Å². The van der Waals surface area contributed by atoms with E-state index in [9.17, 15) is 9.59 Å². The van der Waals surface area contributed by atoms with Crippen molar-refractivity contribution < 1.29 is 14.3 Å². The SMILES string of the molecule is COc1ccc(N2CCN(C(=O)c3ccc4c(c3)N(C)C(=O)/C(=C\c3cccc(Cl)c3)S4)CC2)cc1. The third kappa shape index (κ3) is 4.94. The zero-order valence-electron chi connectivity index (χ0n) is 20.1.